The molecule has 0 fully saturated rings. The van der Waals surface area contributed by atoms with Crippen molar-refractivity contribution in [1.82, 2.24) is 15.6 Å². The Hall–Kier alpha value is -1.86. The summed E-state index contributed by atoms with van der Waals surface area (Å²) < 4.78 is 15.8. The molecule has 0 atom stereocenters. The van der Waals surface area contributed by atoms with Crippen molar-refractivity contribution >= 4 is 5.96 Å². The fourth-order valence-corrected chi connectivity index (χ4v) is 1.62. The molecule has 0 unspecified atom stereocenters. The topological polar surface area (TPSA) is 77.0 Å². The summed E-state index contributed by atoms with van der Waals surface area (Å²) >= 11 is 0. The van der Waals surface area contributed by atoms with Crippen LogP contribution in [0.25, 0.3) is 0 Å². The molecule has 0 radical (unpaired) electrons. The zero-order valence-electron chi connectivity index (χ0n) is 13.4. The van der Waals surface area contributed by atoms with E-state index in [4.69, 9.17) is 14.2 Å². The third-order valence-corrected chi connectivity index (χ3v) is 2.71. The van der Waals surface area contributed by atoms with Crippen LogP contribution in [0.3, 0.4) is 0 Å². The normalized spacial score (nSPS) is 11.3. The Bertz CT molecular complexity index is 401. The molecular formula is C15H26N4O3. The number of nitrogens with one attached hydrogen (secondary N) is 2. The molecule has 1 heterocycles. The largest absolute Gasteiger partial charge is 0.490 e. The van der Waals surface area contributed by atoms with Gasteiger partial charge < -0.3 is 24.8 Å². The van der Waals surface area contributed by atoms with Crippen LogP contribution in [0.4, 0.5) is 0 Å². The molecule has 7 heteroatoms. The molecule has 0 aliphatic heterocycles. The summed E-state index contributed by atoms with van der Waals surface area (Å²) in [6.45, 7) is 3.99. The minimum Gasteiger partial charge on any atom is -0.490 e. The van der Waals surface area contributed by atoms with Gasteiger partial charge in [0, 0.05) is 33.5 Å². The summed E-state index contributed by atoms with van der Waals surface area (Å²) in [7, 11) is 3.41. The average Bonchev–Trinajstić information content (AvgIpc) is 2.57. The molecule has 7 nitrogen and oxygen atoms in total. The predicted molar refractivity (Wildman–Crippen MR) is 86.4 cm³/mol. The second kappa shape index (κ2) is 12.8. The summed E-state index contributed by atoms with van der Waals surface area (Å²) in [6.07, 6.45) is 4.32. The lowest BCUT2D eigenvalue weighted by atomic mass is 10.4. The fourth-order valence-electron chi connectivity index (χ4n) is 1.62. The van der Waals surface area contributed by atoms with E-state index in [0.29, 0.717) is 33.0 Å². The number of aromatic nitrogens is 1. The molecule has 124 valence electrons. The molecule has 1 rings (SSSR count). The van der Waals surface area contributed by atoms with Crippen molar-refractivity contribution in [2.24, 2.45) is 4.99 Å². The van der Waals surface area contributed by atoms with Gasteiger partial charge in [0.05, 0.1) is 26.0 Å². The number of hydrogen-bond donors (Lipinski definition) is 2. The molecule has 2 N–H and O–H groups in total. The van der Waals surface area contributed by atoms with Gasteiger partial charge in [0.15, 0.2) is 5.96 Å². The zero-order valence-corrected chi connectivity index (χ0v) is 13.4. The van der Waals surface area contributed by atoms with Crippen molar-refractivity contribution in [2.75, 3.05) is 53.7 Å². The maximum atomic E-state index is 5.54. The standard InChI is InChI=1S/C15H26N4O3/c1-16-15(18-7-4-9-21-12-11-20-2)19-8-10-22-14-5-3-6-17-13-14/h3,5-6,13H,4,7-12H2,1-2H3,(H2,16,18,19). The lowest BCUT2D eigenvalue weighted by Crippen LogP contribution is -2.39. The molecule has 22 heavy (non-hydrogen) atoms. The molecule has 0 bridgehead atoms. The van der Waals surface area contributed by atoms with Crippen molar-refractivity contribution in [2.45, 2.75) is 6.42 Å². The van der Waals surface area contributed by atoms with Crippen molar-refractivity contribution in [3.8, 4) is 5.75 Å². The molecule has 1 aromatic heterocycles. The monoisotopic (exact) mass is 310 g/mol. The number of nitrogens with zero attached hydrogens (tertiary/aromatic N) is 2. The van der Waals surface area contributed by atoms with Crippen LogP contribution in [0.5, 0.6) is 5.75 Å². The summed E-state index contributed by atoms with van der Waals surface area (Å²) in [4.78, 5) is 8.14. The molecule has 0 aliphatic rings. The highest BCUT2D eigenvalue weighted by molar-refractivity contribution is 5.79. The van der Waals surface area contributed by atoms with Crippen LogP contribution in [-0.2, 0) is 9.47 Å². The van der Waals surface area contributed by atoms with E-state index in [-0.39, 0.29) is 0 Å². The molecule has 0 saturated carbocycles. The smallest absolute Gasteiger partial charge is 0.191 e. The molecule has 0 saturated heterocycles. The Morgan fingerprint density at radius 1 is 1.18 bits per heavy atom. The van der Waals surface area contributed by atoms with Gasteiger partial charge in [-0.2, -0.15) is 0 Å². The Morgan fingerprint density at radius 3 is 2.77 bits per heavy atom. The quantitative estimate of drug-likeness (QED) is 0.355. The second-order valence-electron chi connectivity index (χ2n) is 4.42. The van der Waals surface area contributed by atoms with E-state index in [1.807, 2.05) is 12.1 Å². The van der Waals surface area contributed by atoms with Gasteiger partial charge in [0.25, 0.3) is 0 Å². The van der Waals surface area contributed by atoms with Gasteiger partial charge in [0.2, 0.25) is 0 Å². The van der Waals surface area contributed by atoms with E-state index in [9.17, 15) is 0 Å². The van der Waals surface area contributed by atoms with E-state index in [2.05, 4.69) is 20.6 Å². The number of aliphatic imine (C=N–C) groups is 1. The van der Waals surface area contributed by atoms with Crippen LogP contribution in [0.15, 0.2) is 29.5 Å². The number of rotatable bonds is 11. The fraction of sp³-hybridized carbons (Fsp3) is 0.600. The van der Waals surface area contributed by atoms with Gasteiger partial charge in [-0.15, -0.1) is 0 Å². The molecule has 0 aliphatic carbocycles. The first-order valence-electron chi connectivity index (χ1n) is 7.41. The number of pyridine rings is 1. The van der Waals surface area contributed by atoms with Gasteiger partial charge >= 0.3 is 0 Å². The number of ether oxygens (including phenoxy) is 3. The highest BCUT2D eigenvalue weighted by atomic mass is 16.5. The van der Waals surface area contributed by atoms with E-state index >= 15 is 0 Å². The number of hydrogen-bond acceptors (Lipinski definition) is 5. The lowest BCUT2D eigenvalue weighted by Gasteiger charge is -2.12. The molecule has 0 aromatic carbocycles. The van der Waals surface area contributed by atoms with E-state index in [1.54, 1.807) is 26.6 Å². The van der Waals surface area contributed by atoms with Crippen molar-refractivity contribution in [1.29, 1.82) is 0 Å². The first-order valence-corrected chi connectivity index (χ1v) is 7.41. The Labute approximate surface area is 132 Å². The van der Waals surface area contributed by atoms with Crippen LogP contribution in [-0.4, -0.2) is 64.6 Å². The summed E-state index contributed by atoms with van der Waals surface area (Å²) in [5.74, 6) is 1.52. The summed E-state index contributed by atoms with van der Waals surface area (Å²) in [5.41, 5.74) is 0. The Balaban J connectivity index is 2.00. The summed E-state index contributed by atoms with van der Waals surface area (Å²) in [5, 5.41) is 6.40. The SMILES string of the molecule is CN=C(NCCCOCCOC)NCCOc1cccnc1. The van der Waals surface area contributed by atoms with Gasteiger partial charge in [0.1, 0.15) is 12.4 Å². The Morgan fingerprint density at radius 2 is 2.05 bits per heavy atom. The highest BCUT2D eigenvalue weighted by Gasteiger charge is 1.97. The highest BCUT2D eigenvalue weighted by Crippen LogP contribution is 2.04. The minimum atomic E-state index is 0.548. The Kier molecular flexibility index (Phi) is 10.6. The van der Waals surface area contributed by atoms with Gasteiger partial charge in [-0.3, -0.25) is 9.98 Å². The van der Waals surface area contributed by atoms with Crippen LogP contribution < -0.4 is 15.4 Å². The third-order valence-electron chi connectivity index (χ3n) is 2.71. The van der Waals surface area contributed by atoms with Crippen LogP contribution in [0.2, 0.25) is 0 Å². The molecular weight excluding hydrogens is 284 g/mol. The van der Waals surface area contributed by atoms with Crippen molar-refractivity contribution in [3.63, 3.8) is 0 Å². The van der Waals surface area contributed by atoms with E-state index in [1.165, 1.54) is 0 Å². The van der Waals surface area contributed by atoms with E-state index < -0.39 is 0 Å². The first kappa shape index (κ1) is 18.2. The van der Waals surface area contributed by atoms with Crippen molar-refractivity contribution in [3.05, 3.63) is 24.5 Å². The van der Waals surface area contributed by atoms with Gasteiger partial charge in [-0.1, -0.05) is 0 Å². The van der Waals surface area contributed by atoms with Crippen LogP contribution in [0, 0.1) is 0 Å². The van der Waals surface area contributed by atoms with Crippen LogP contribution >= 0.6 is 0 Å². The maximum Gasteiger partial charge on any atom is 0.191 e. The zero-order chi connectivity index (χ0) is 15.9. The number of methoxy groups -OCH3 is 1. The molecule has 0 spiro atoms. The van der Waals surface area contributed by atoms with Gasteiger partial charge in [-0.25, -0.2) is 0 Å². The first-order chi connectivity index (χ1) is 10.9. The molecule has 1 aromatic rings. The third kappa shape index (κ3) is 9.15. The van der Waals surface area contributed by atoms with E-state index in [0.717, 1.165) is 24.7 Å². The average molecular weight is 310 g/mol. The van der Waals surface area contributed by atoms with Gasteiger partial charge in [-0.05, 0) is 18.6 Å². The minimum absolute atomic E-state index is 0.548. The maximum absolute atomic E-state index is 5.54. The van der Waals surface area contributed by atoms with Crippen molar-refractivity contribution < 1.29 is 14.2 Å². The molecule has 0 amide bonds. The second-order valence-corrected chi connectivity index (χ2v) is 4.42. The number of guanidine groups is 1. The lowest BCUT2D eigenvalue weighted by molar-refractivity contribution is 0.0698. The van der Waals surface area contributed by atoms with Crippen LogP contribution in [0.1, 0.15) is 6.42 Å². The predicted octanol–water partition coefficient (Wildman–Crippen LogP) is 0.679. The summed E-state index contributed by atoms with van der Waals surface area (Å²) in [6, 6.07) is 3.72.